The molecule has 0 aromatic heterocycles. The van der Waals surface area contributed by atoms with Crippen LogP contribution in [0.1, 0.15) is 43.6 Å². The number of hydrogen-bond donors (Lipinski definition) is 0. The van der Waals surface area contributed by atoms with E-state index in [4.69, 9.17) is 4.74 Å². The molecule has 0 saturated heterocycles. The molecule has 20 heavy (non-hydrogen) atoms. The van der Waals surface area contributed by atoms with Crippen LogP contribution in [0.3, 0.4) is 0 Å². The first-order valence-corrected chi connectivity index (χ1v) is 6.76. The highest BCUT2D eigenvalue weighted by Crippen LogP contribution is 2.30. The van der Waals surface area contributed by atoms with Gasteiger partial charge in [-0.05, 0) is 42.2 Å². The smallest absolute Gasteiger partial charge is 0.163 e. The zero-order valence-electron chi connectivity index (χ0n) is 12.4. The number of para-hydroxylation sites is 1. The molecule has 2 rings (SSSR count). The summed E-state index contributed by atoms with van der Waals surface area (Å²) in [5.74, 6) is 1.37. The molecule has 2 nitrogen and oxygen atoms in total. The van der Waals surface area contributed by atoms with Gasteiger partial charge in [0, 0.05) is 0 Å². The fourth-order valence-corrected chi connectivity index (χ4v) is 2.00. The highest BCUT2D eigenvalue weighted by molar-refractivity contribution is 5.96. The van der Waals surface area contributed by atoms with Crippen LogP contribution in [0, 0.1) is 0 Å². The molecule has 2 heteroatoms. The molecule has 0 fully saturated rings. The summed E-state index contributed by atoms with van der Waals surface area (Å²) in [6.45, 7) is 8.04. The van der Waals surface area contributed by atoms with Gasteiger partial charge < -0.3 is 4.74 Å². The van der Waals surface area contributed by atoms with E-state index in [2.05, 4.69) is 26.8 Å². The standard InChI is InChI=1S/C18H20O2/c1-13(19)16-10-5-6-11-17(16)20-15-9-7-8-14(12-15)18(2,3)4/h5-12H,1-4H3. The second-order valence-corrected chi connectivity index (χ2v) is 5.93. The van der Waals surface area contributed by atoms with Crippen molar-refractivity contribution in [3.8, 4) is 11.5 Å². The Balaban J connectivity index is 2.34. The lowest BCUT2D eigenvalue weighted by Gasteiger charge is -2.20. The summed E-state index contributed by atoms with van der Waals surface area (Å²) in [4.78, 5) is 11.6. The van der Waals surface area contributed by atoms with Gasteiger partial charge in [0.05, 0.1) is 5.56 Å². The van der Waals surface area contributed by atoms with E-state index in [9.17, 15) is 4.79 Å². The van der Waals surface area contributed by atoms with Gasteiger partial charge in [0.25, 0.3) is 0 Å². The molecule has 104 valence electrons. The number of hydrogen-bond acceptors (Lipinski definition) is 2. The molecule has 0 aliphatic rings. The van der Waals surface area contributed by atoms with E-state index in [1.807, 2.05) is 36.4 Å². The topological polar surface area (TPSA) is 26.3 Å². The molecule has 2 aromatic carbocycles. The van der Waals surface area contributed by atoms with Crippen LogP contribution in [0.4, 0.5) is 0 Å². The number of Topliss-reactive ketones (excluding diaryl/α,β-unsaturated/α-hetero) is 1. The summed E-state index contributed by atoms with van der Waals surface area (Å²) in [5.41, 5.74) is 1.88. The largest absolute Gasteiger partial charge is 0.457 e. The van der Waals surface area contributed by atoms with E-state index in [0.717, 1.165) is 5.75 Å². The second-order valence-electron chi connectivity index (χ2n) is 5.93. The van der Waals surface area contributed by atoms with E-state index >= 15 is 0 Å². The molecule has 0 atom stereocenters. The third-order valence-corrected chi connectivity index (χ3v) is 3.19. The third-order valence-electron chi connectivity index (χ3n) is 3.19. The van der Waals surface area contributed by atoms with Crippen molar-refractivity contribution >= 4 is 5.78 Å². The van der Waals surface area contributed by atoms with E-state index < -0.39 is 0 Å². The highest BCUT2D eigenvalue weighted by atomic mass is 16.5. The molecule has 0 spiro atoms. The summed E-state index contributed by atoms with van der Waals surface area (Å²) in [7, 11) is 0. The van der Waals surface area contributed by atoms with E-state index in [-0.39, 0.29) is 11.2 Å². The third kappa shape index (κ3) is 3.27. The van der Waals surface area contributed by atoms with Crippen LogP contribution in [0.25, 0.3) is 0 Å². The molecule has 0 aliphatic heterocycles. The van der Waals surface area contributed by atoms with Crippen molar-refractivity contribution in [2.24, 2.45) is 0 Å². The van der Waals surface area contributed by atoms with E-state index in [1.54, 1.807) is 13.0 Å². The number of ketones is 1. The number of ether oxygens (including phenoxy) is 1. The van der Waals surface area contributed by atoms with Crippen LogP contribution < -0.4 is 4.74 Å². The summed E-state index contributed by atoms with van der Waals surface area (Å²) in [6, 6.07) is 15.3. The number of carbonyl (C=O) groups excluding carboxylic acids is 1. The molecule has 0 heterocycles. The van der Waals surface area contributed by atoms with Gasteiger partial charge in [-0.15, -0.1) is 0 Å². The maximum atomic E-state index is 11.6. The zero-order chi connectivity index (χ0) is 14.8. The Bertz CT molecular complexity index is 621. The van der Waals surface area contributed by atoms with Gasteiger partial charge in [-0.3, -0.25) is 4.79 Å². The van der Waals surface area contributed by atoms with E-state index in [0.29, 0.717) is 11.3 Å². The van der Waals surface area contributed by atoms with Crippen LogP contribution in [0.15, 0.2) is 48.5 Å². The summed E-state index contributed by atoms with van der Waals surface area (Å²) < 4.78 is 5.89. The Hall–Kier alpha value is -2.09. The van der Waals surface area contributed by atoms with Gasteiger partial charge in [-0.1, -0.05) is 45.0 Å². The van der Waals surface area contributed by atoms with E-state index in [1.165, 1.54) is 5.56 Å². The maximum Gasteiger partial charge on any atom is 0.163 e. The predicted molar refractivity (Wildman–Crippen MR) is 81.7 cm³/mol. The lowest BCUT2D eigenvalue weighted by Crippen LogP contribution is -2.10. The molecule has 2 aromatic rings. The first-order valence-electron chi connectivity index (χ1n) is 6.76. The Labute approximate surface area is 120 Å². The highest BCUT2D eigenvalue weighted by Gasteiger charge is 2.15. The minimum atomic E-state index is 0.00701. The van der Waals surface area contributed by atoms with Crippen LogP contribution >= 0.6 is 0 Å². The van der Waals surface area contributed by atoms with Crippen molar-refractivity contribution in [3.63, 3.8) is 0 Å². The molecular formula is C18H20O2. The minimum absolute atomic E-state index is 0.00701. The van der Waals surface area contributed by atoms with Crippen molar-refractivity contribution in [2.75, 3.05) is 0 Å². The SMILES string of the molecule is CC(=O)c1ccccc1Oc1cccc(C(C)(C)C)c1. The Morgan fingerprint density at radius 2 is 1.70 bits per heavy atom. The molecular weight excluding hydrogens is 248 g/mol. The zero-order valence-corrected chi connectivity index (χ0v) is 12.4. The first-order chi connectivity index (χ1) is 9.38. The molecule has 0 bridgehead atoms. The van der Waals surface area contributed by atoms with Gasteiger partial charge in [0.15, 0.2) is 5.78 Å². The lowest BCUT2D eigenvalue weighted by atomic mass is 9.87. The summed E-state index contributed by atoms with van der Waals surface area (Å²) in [6.07, 6.45) is 0. The molecule has 0 amide bonds. The van der Waals surface area contributed by atoms with Crippen molar-refractivity contribution in [3.05, 3.63) is 59.7 Å². The summed E-state index contributed by atoms with van der Waals surface area (Å²) in [5, 5.41) is 0. The molecule has 0 saturated carbocycles. The number of carbonyl (C=O) groups is 1. The fourth-order valence-electron chi connectivity index (χ4n) is 2.00. The fraction of sp³-hybridized carbons (Fsp3) is 0.278. The predicted octanol–water partition coefficient (Wildman–Crippen LogP) is 4.98. The lowest BCUT2D eigenvalue weighted by molar-refractivity contribution is 0.101. The van der Waals surface area contributed by atoms with Crippen LogP contribution in [-0.2, 0) is 5.41 Å². The Kier molecular flexibility index (Phi) is 3.93. The quantitative estimate of drug-likeness (QED) is 0.734. The molecule has 0 N–H and O–H groups in total. The van der Waals surface area contributed by atoms with Gasteiger partial charge in [0.1, 0.15) is 11.5 Å². The van der Waals surface area contributed by atoms with Crippen molar-refractivity contribution in [1.29, 1.82) is 0 Å². The Morgan fingerprint density at radius 3 is 2.35 bits per heavy atom. The maximum absolute atomic E-state index is 11.6. The minimum Gasteiger partial charge on any atom is -0.457 e. The van der Waals surface area contributed by atoms with Gasteiger partial charge in [-0.25, -0.2) is 0 Å². The van der Waals surface area contributed by atoms with Crippen molar-refractivity contribution in [1.82, 2.24) is 0 Å². The molecule has 0 unspecified atom stereocenters. The van der Waals surface area contributed by atoms with Crippen LogP contribution in [0.5, 0.6) is 11.5 Å². The van der Waals surface area contributed by atoms with Gasteiger partial charge in [0.2, 0.25) is 0 Å². The van der Waals surface area contributed by atoms with Gasteiger partial charge >= 0.3 is 0 Å². The average molecular weight is 268 g/mol. The molecule has 0 radical (unpaired) electrons. The van der Waals surface area contributed by atoms with Crippen molar-refractivity contribution in [2.45, 2.75) is 33.1 Å². The van der Waals surface area contributed by atoms with Gasteiger partial charge in [-0.2, -0.15) is 0 Å². The van der Waals surface area contributed by atoms with Crippen molar-refractivity contribution < 1.29 is 9.53 Å². The monoisotopic (exact) mass is 268 g/mol. The van der Waals surface area contributed by atoms with Crippen LogP contribution in [0.2, 0.25) is 0 Å². The first kappa shape index (κ1) is 14.3. The number of benzene rings is 2. The summed E-state index contributed by atoms with van der Waals surface area (Å²) >= 11 is 0. The number of rotatable bonds is 3. The second kappa shape index (κ2) is 5.49. The molecule has 0 aliphatic carbocycles. The normalized spacial score (nSPS) is 11.2. The Morgan fingerprint density at radius 1 is 1.00 bits per heavy atom. The average Bonchev–Trinajstić information content (AvgIpc) is 2.38. The van der Waals surface area contributed by atoms with Crippen LogP contribution in [-0.4, -0.2) is 5.78 Å².